The van der Waals surface area contributed by atoms with Crippen LogP contribution in [0.4, 0.5) is 17.1 Å². The quantitative estimate of drug-likeness (QED) is 0.224. The molecule has 0 aliphatic carbocycles. The van der Waals surface area contributed by atoms with Crippen molar-refractivity contribution >= 4 is 17.1 Å². The Bertz CT molecular complexity index is 2050. The molecule has 3 aromatic heterocycles. The van der Waals surface area contributed by atoms with Crippen LogP contribution in [0.1, 0.15) is 0 Å². The number of pyridine rings is 2. The first kappa shape index (κ1) is 24.0. The summed E-state index contributed by atoms with van der Waals surface area (Å²) in [6.07, 6.45) is 7.57. The van der Waals surface area contributed by atoms with Gasteiger partial charge in [-0.1, -0.05) is 66.7 Å². The SMILES string of the molecule is c1ccc(-n2ccnc2-c2ccc3c(c2)N(c2cccc(-c4ccccn4)c2)c2ccccc2-c2cccnc2-3)cc1. The third-order valence-electron chi connectivity index (χ3n) is 7.73. The average Bonchev–Trinajstić information content (AvgIpc) is 3.52. The summed E-state index contributed by atoms with van der Waals surface area (Å²) in [7, 11) is 0. The molecule has 0 N–H and O–H groups in total. The highest BCUT2D eigenvalue weighted by atomic mass is 15.2. The summed E-state index contributed by atoms with van der Waals surface area (Å²) in [6, 6.07) is 44.2. The molecule has 8 rings (SSSR count). The zero-order chi connectivity index (χ0) is 27.9. The second kappa shape index (κ2) is 9.98. The van der Waals surface area contributed by atoms with Crippen molar-refractivity contribution in [2.45, 2.75) is 0 Å². The molecule has 0 saturated carbocycles. The monoisotopic (exact) mass is 539 g/mol. The molecule has 0 saturated heterocycles. The number of hydrogen-bond acceptors (Lipinski definition) is 4. The second-order valence-corrected chi connectivity index (χ2v) is 10.2. The van der Waals surface area contributed by atoms with Crippen LogP contribution in [0.3, 0.4) is 0 Å². The van der Waals surface area contributed by atoms with Gasteiger partial charge in [-0.2, -0.15) is 0 Å². The Hall–Kier alpha value is -5.81. The molecular weight excluding hydrogens is 514 g/mol. The van der Waals surface area contributed by atoms with Gasteiger partial charge >= 0.3 is 0 Å². The maximum Gasteiger partial charge on any atom is 0.144 e. The summed E-state index contributed by atoms with van der Waals surface area (Å²) in [5.74, 6) is 0.880. The Morgan fingerprint density at radius 2 is 1.26 bits per heavy atom. The van der Waals surface area contributed by atoms with Gasteiger partial charge in [-0.3, -0.25) is 14.5 Å². The van der Waals surface area contributed by atoms with Gasteiger partial charge in [-0.15, -0.1) is 0 Å². The molecule has 0 atom stereocenters. The number of para-hydroxylation sites is 2. The van der Waals surface area contributed by atoms with E-state index in [1.807, 2.05) is 67.3 Å². The Kier molecular flexibility index (Phi) is 5.71. The van der Waals surface area contributed by atoms with Crippen LogP contribution < -0.4 is 4.90 Å². The number of aromatic nitrogens is 4. The van der Waals surface area contributed by atoms with Gasteiger partial charge in [0.15, 0.2) is 0 Å². The van der Waals surface area contributed by atoms with E-state index < -0.39 is 0 Å². The van der Waals surface area contributed by atoms with Crippen LogP contribution in [0.2, 0.25) is 0 Å². The predicted molar refractivity (Wildman–Crippen MR) is 169 cm³/mol. The number of imidazole rings is 1. The molecule has 0 unspecified atom stereocenters. The van der Waals surface area contributed by atoms with Crippen molar-refractivity contribution in [3.8, 4) is 50.7 Å². The summed E-state index contributed by atoms with van der Waals surface area (Å²) in [6.45, 7) is 0. The Morgan fingerprint density at radius 3 is 2.17 bits per heavy atom. The lowest BCUT2D eigenvalue weighted by Crippen LogP contribution is -2.11. The minimum absolute atomic E-state index is 0.880. The largest absolute Gasteiger partial charge is 0.309 e. The van der Waals surface area contributed by atoms with E-state index in [1.165, 1.54) is 0 Å². The molecule has 5 nitrogen and oxygen atoms in total. The van der Waals surface area contributed by atoms with Gasteiger partial charge in [0.2, 0.25) is 0 Å². The first-order valence-corrected chi connectivity index (χ1v) is 13.9. The highest BCUT2D eigenvalue weighted by Crippen LogP contribution is 2.51. The van der Waals surface area contributed by atoms with Crippen LogP contribution in [0.25, 0.3) is 50.7 Å². The fourth-order valence-corrected chi connectivity index (χ4v) is 5.85. The van der Waals surface area contributed by atoms with Gasteiger partial charge in [0.05, 0.1) is 22.8 Å². The number of rotatable bonds is 4. The van der Waals surface area contributed by atoms with Gasteiger partial charge in [-0.25, -0.2) is 4.98 Å². The third kappa shape index (κ3) is 3.99. The molecule has 1 aliphatic rings. The molecule has 0 fully saturated rings. The number of nitrogens with zero attached hydrogens (tertiary/aromatic N) is 5. The van der Waals surface area contributed by atoms with Crippen LogP contribution >= 0.6 is 0 Å². The van der Waals surface area contributed by atoms with Crippen LogP contribution in [-0.4, -0.2) is 19.5 Å². The third-order valence-corrected chi connectivity index (χ3v) is 7.73. The van der Waals surface area contributed by atoms with E-state index >= 15 is 0 Å². The zero-order valence-corrected chi connectivity index (χ0v) is 22.7. The highest BCUT2D eigenvalue weighted by Gasteiger charge is 2.27. The fourth-order valence-electron chi connectivity index (χ4n) is 5.85. The molecule has 42 heavy (non-hydrogen) atoms. The minimum atomic E-state index is 0.880. The van der Waals surface area contributed by atoms with E-state index in [2.05, 4.69) is 99.4 Å². The number of hydrogen-bond donors (Lipinski definition) is 0. The standard InChI is InChI=1S/C37H25N5/c1-2-11-28(12-3-1)41-23-22-40-37(41)27-18-19-32-35(25-27)42(29-13-8-10-26(24-29)33-16-6-7-20-38-33)34-17-5-4-14-30(34)31-15-9-21-39-36(31)32/h1-25H. The topological polar surface area (TPSA) is 46.8 Å². The normalized spacial score (nSPS) is 11.8. The molecule has 0 radical (unpaired) electrons. The first-order valence-electron chi connectivity index (χ1n) is 13.9. The first-order chi connectivity index (χ1) is 20.8. The van der Waals surface area contributed by atoms with Crippen molar-refractivity contribution in [3.63, 3.8) is 0 Å². The summed E-state index contributed by atoms with van der Waals surface area (Å²) in [5, 5.41) is 0. The van der Waals surface area contributed by atoms with E-state index in [-0.39, 0.29) is 0 Å². The van der Waals surface area contributed by atoms with Gasteiger partial charge in [0.1, 0.15) is 5.82 Å². The van der Waals surface area contributed by atoms with Crippen molar-refractivity contribution in [2.24, 2.45) is 0 Å². The van der Waals surface area contributed by atoms with E-state index in [9.17, 15) is 0 Å². The highest BCUT2D eigenvalue weighted by molar-refractivity contribution is 6.02. The van der Waals surface area contributed by atoms with Gasteiger partial charge in [0, 0.05) is 64.0 Å². The molecule has 198 valence electrons. The molecule has 0 bridgehead atoms. The van der Waals surface area contributed by atoms with Crippen LogP contribution in [0, 0.1) is 0 Å². The number of fused-ring (bicyclic) bond motifs is 5. The molecule has 0 spiro atoms. The van der Waals surface area contributed by atoms with Crippen LogP contribution in [0.5, 0.6) is 0 Å². The lowest BCUT2D eigenvalue weighted by atomic mass is 9.98. The Balaban J connectivity index is 1.39. The second-order valence-electron chi connectivity index (χ2n) is 10.2. The van der Waals surface area contributed by atoms with Gasteiger partial charge in [0.25, 0.3) is 0 Å². The van der Waals surface area contributed by atoms with Crippen molar-refractivity contribution in [1.82, 2.24) is 19.5 Å². The lowest BCUT2D eigenvalue weighted by Gasteiger charge is -2.28. The summed E-state index contributed by atoms with van der Waals surface area (Å²) in [4.78, 5) is 16.7. The average molecular weight is 540 g/mol. The van der Waals surface area contributed by atoms with E-state index in [0.29, 0.717) is 0 Å². The fraction of sp³-hybridized carbons (Fsp3) is 0. The van der Waals surface area contributed by atoms with Crippen LogP contribution in [-0.2, 0) is 0 Å². The summed E-state index contributed by atoms with van der Waals surface area (Å²) >= 11 is 0. The van der Waals surface area contributed by atoms with Crippen molar-refractivity contribution < 1.29 is 0 Å². The predicted octanol–water partition coefficient (Wildman–Crippen LogP) is 9.11. The number of anilines is 3. The molecule has 4 heterocycles. The van der Waals surface area contributed by atoms with Crippen molar-refractivity contribution in [1.29, 1.82) is 0 Å². The molecule has 7 aromatic rings. The van der Waals surface area contributed by atoms with Gasteiger partial charge in [-0.05, 0) is 60.7 Å². The molecule has 4 aromatic carbocycles. The van der Waals surface area contributed by atoms with Crippen molar-refractivity contribution in [3.05, 3.63) is 152 Å². The Morgan fingerprint density at radius 1 is 0.452 bits per heavy atom. The number of benzene rings is 4. The molecule has 0 amide bonds. The maximum atomic E-state index is 4.91. The van der Waals surface area contributed by atoms with Crippen LogP contribution in [0.15, 0.2) is 152 Å². The lowest BCUT2D eigenvalue weighted by molar-refractivity contribution is 1.07. The zero-order valence-electron chi connectivity index (χ0n) is 22.7. The minimum Gasteiger partial charge on any atom is -0.309 e. The van der Waals surface area contributed by atoms with Gasteiger partial charge < -0.3 is 4.90 Å². The smallest absolute Gasteiger partial charge is 0.144 e. The van der Waals surface area contributed by atoms with E-state index in [0.717, 1.165) is 67.8 Å². The summed E-state index contributed by atoms with van der Waals surface area (Å²) in [5.41, 5.74) is 11.5. The molecular formula is C37H25N5. The van der Waals surface area contributed by atoms with E-state index in [1.54, 1.807) is 0 Å². The Labute approximate surface area is 244 Å². The molecule has 1 aliphatic heterocycles. The summed E-state index contributed by atoms with van der Waals surface area (Å²) < 4.78 is 2.13. The maximum absolute atomic E-state index is 4.91. The molecule has 5 heteroatoms. The van der Waals surface area contributed by atoms with E-state index in [4.69, 9.17) is 9.97 Å². The van der Waals surface area contributed by atoms with Crippen molar-refractivity contribution in [2.75, 3.05) is 4.90 Å².